The first-order valence-corrected chi connectivity index (χ1v) is 5.07. The van der Waals surface area contributed by atoms with Gasteiger partial charge in [-0.15, -0.1) is 0 Å². The van der Waals surface area contributed by atoms with Crippen LogP contribution in [-0.4, -0.2) is 17.4 Å². The molecule has 1 aliphatic rings. The lowest BCUT2D eigenvalue weighted by atomic mass is 10.2. The molecule has 2 nitrogen and oxygen atoms in total. The van der Waals surface area contributed by atoms with E-state index in [4.69, 9.17) is 0 Å². The molecule has 0 bridgehead atoms. The van der Waals surface area contributed by atoms with Crippen molar-refractivity contribution in [2.45, 2.75) is 18.9 Å². The van der Waals surface area contributed by atoms with E-state index in [1.165, 1.54) is 12.8 Å². The highest BCUT2D eigenvalue weighted by molar-refractivity contribution is 9.10. The van der Waals surface area contributed by atoms with Gasteiger partial charge in [0, 0.05) is 16.3 Å². The maximum atomic E-state index is 9.50. The van der Waals surface area contributed by atoms with E-state index in [1.54, 1.807) is 12.3 Å². The third kappa shape index (κ3) is 2.31. The molecule has 13 heavy (non-hydrogen) atoms. The van der Waals surface area contributed by atoms with E-state index in [-0.39, 0.29) is 5.75 Å². The van der Waals surface area contributed by atoms with Crippen LogP contribution in [0.25, 0.3) is 0 Å². The molecule has 1 aromatic carbocycles. The number of benzene rings is 1. The van der Waals surface area contributed by atoms with Crippen LogP contribution in [0.1, 0.15) is 18.4 Å². The van der Waals surface area contributed by atoms with Crippen molar-refractivity contribution < 1.29 is 5.11 Å². The van der Waals surface area contributed by atoms with Crippen molar-refractivity contribution in [2.75, 3.05) is 0 Å². The van der Waals surface area contributed by atoms with Crippen molar-refractivity contribution in [2.24, 2.45) is 4.99 Å². The fourth-order valence-electron chi connectivity index (χ4n) is 1.04. The van der Waals surface area contributed by atoms with E-state index in [2.05, 4.69) is 20.9 Å². The number of aromatic hydroxyl groups is 1. The SMILES string of the molecule is Oc1cc(Br)ccc1C=NC1CC1. The Labute approximate surface area is 85.4 Å². The molecule has 2 rings (SSSR count). The van der Waals surface area contributed by atoms with E-state index in [0.29, 0.717) is 6.04 Å². The number of phenolic OH excluding ortho intramolecular Hbond substituents is 1. The fourth-order valence-corrected chi connectivity index (χ4v) is 1.38. The minimum Gasteiger partial charge on any atom is -0.507 e. The molecule has 0 unspecified atom stereocenters. The average molecular weight is 240 g/mol. The molecule has 3 heteroatoms. The number of rotatable bonds is 2. The first-order valence-electron chi connectivity index (χ1n) is 4.27. The molecular formula is C10H10BrNO. The summed E-state index contributed by atoms with van der Waals surface area (Å²) in [4.78, 5) is 4.30. The third-order valence-electron chi connectivity index (χ3n) is 1.96. The molecule has 68 valence electrons. The Morgan fingerprint density at radius 3 is 2.85 bits per heavy atom. The Bertz CT molecular complexity index is 345. The summed E-state index contributed by atoms with van der Waals surface area (Å²) in [5.41, 5.74) is 0.787. The highest BCUT2D eigenvalue weighted by Gasteiger charge is 2.18. The lowest BCUT2D eigenvalue weighted by Gasteiger charge is -1.98. The molecule has 0 amide bonds. The van der Waals surface area contributed by atoms with Gasteiger partial charge in [-0.1, -0.05) is 15.9 Å². The largest absolute Gasteiger partial charge is 0.507 e. The highest BCUT2D eigenvalue weighted by Crippen LogP contribution is 2.25. The summed E-state index contributed by atoms with van der Waals surface area (Å²) in [6, 6.07) is 5.93. The zero-order valence-electron chi connectivity index (χ0n) is 7.07. The molecule has 0 aliphatic heterocycles. The van der Waals surface area contributed by atoms with Crippen molar-refractivity contribution >= 4 is 22.1 Å². The van der Waals surface area contributed by atoms with Gasteiger partial charge >= 0.3 is 0 Å². The normalized spacial score (nSPS) is 16.7. The van der Waals surface area contributed by atoms with E-state index >= 15 is 0 Å². The second-order valence-electron chi connectivity index (χ2n) is 3.21. The van der Waals surface area contributed by atoms with Crippen LogP contribution < -0.4 is 0 Å². The second-order valence-corrected chi connectivity index (χ2v) is 4.13. The van der Waals surface area contributed by atoms with E-state index in [1.807, 2.05) is 12.1 Å². The van der Waals surface area contributed by atoms with E-state index in [0.717, 1.165) is 10.0 Å². The van der Waals surface area contributed by atoms with E-state index < -0.39 is 0 Å². The van der Waals surface area contributed by atoms with Gasteiger partial charge < -0.3 is 5.11 Å². The first-order chi connectivity index (χ1) is 6.25. The first kappa shape index (κ1) is 8.75. The van der Waals surface area contributed by atoms with Gasteiger partial charge in [-0.2, -0.15) is 0 Å². The standard InChI is InChI=1S/C10H10BrNO/c11-8-2-1-7(10(13)5-8)6-12-9-3-4-9/h1-2,5-6,9,13H,3-4H2. The summed E-state index contributed by atoms with van der Waals surface area (Å²) in [6.07, 6.45) is 4.13. The minimum atomic E-state index is 0.277. The topological polar surface area (TPSA) is 32.6 Å². The maximum absolute atomic E-state index is 9.50. The van der Waals surface area contributed by atoms with Crippen LogP contribution in [-0.2, 0) is 0 Å². The fraction of sp³-hybridized carbons (Fsp3) is 0.300. The van der Waals surface area contributed by atoms with Gasteiger partial charge in [0.1, 0.15) is 5.75 Å². The summed E-state index contributed by atoms with van der Waals surface area (Å²) in [7, 11) is 0. The summed E-state index contributed by atoms with van der Waals surface area (Å²) >= 11 is 3.28. The molecule has 1 fully saturated rings. The Kier molecular flexibility index (Phi) is 2.36. The van der Waals surface area contributed by atoms with E-state index in [9.17, 15) is 5.11 Å². The summed E-state index contributed by atoms with van der Waals surface area (Å²) in [6.45, 7) is 0. The smallest absolute Gasteiger partial charge is 0.125 e. The zero-order valence-corrected chi connectivity index (χ0v) is 8.66. The molecule has 0 atom stereocenters. The molecule has 0 heterocycles. The predicted octanol–water partition coefficient (Wildman–Crippen LogP) is 2.74. The molecule has 1 saturated carbocycles. The van der Waals surface area contributed by atoms with Crippen LogP contribution in [0.5, 0.6) is 5.75 Å². The molecule has 1 N–H and O–H groups in total. The van der Waals surface area contributed by atoms with Gasteiger partial charge in [0.2, 0.25) is 0 Å². The van der Waals surface area contributed by atoms with Crippen LogP contribution in [0.3, 0.4) is 0 Å². The van der Waals surface area contributed by atoms with Gasteiger partial charge in [-0.25, -0.2) is 0 Å². The van der Waals surface area contributed by atoms with Crippen LogP contribution in [0.2, 0.25) is 0 Å². The monoisotopic (exact) mass is 239 g/mol. The Morgan fingerprint density at radius 1 is 1.46 bits per heavy atom. The highest BCUT2D eigenvalue weighted by atomic mass is 79.9. The Hall–Kier alpha value is -0.830. The molecule has 1 aliphatic carbocycles. The van der Waals surface area contributed by atoms with Crippen molar-refractivity contribution in [1.82, 2.24) is 0 Å². The van der Waals surface area contributed by atoms with Crippen molar-refractivity contribution in [3.05, 3.63) is 28.2 Å². The van der Waals surface area contributed by atoms with Crippen molar-refractivity contribution in [3.63, 3.8) is 0 Å². The van der Waals surface area contributed by atoms with Gasteiger partial charge in [0.15, 0.2) is 0 Å². The number of phenols is 1. The molecule has 0 saturated heterocycles. The van der Waals surface area contributed by atoms with Crippen LogP contribution in [0.4, 0.5) is 0 Å². The van der Waals surface area contributed by atoms with Gasteiger partial charge in [0.05, 0.1) is 6.04 Å². The quantitative estimate of drug-likeness (QED) is 0.792. The molecule has 0 radical (unpaired) electrons. The second kappa shape index (κ2) is 3.50. The van der Waals surface area contributed by atoms with Gasteiger partial charge in [-0.05, 0) is 31.0 Å². The van der Waals surface area contributed by atoms with Crippen LogP contribution in [0.15, 0.2) is 27.7 Å². The Morgan fingerprint density at radius 2 is 2.23 bits per heavy atom. The number of nitrogens with zero attached hydrogens (tertiary/aromatic N) is 1. The van der Waals surface area contributed by atoms with Crippen LogP contribution >= 0.6 is 15.9 Å². The lowest BCUT2D eigenvalue weighted by Crippen LogP contribution is -1.84. The van der Waals surface area contributed by atoms with Crippen molar-refractivity contribution in [3.8, 4) is 5.75 Å². The molecular weight excluding hydrogens is 230 g/mol. The summed E-state index contributed by atoms with van der Waals surface area (Å²) < 4.78 is 0.883. The molecule has 0 aromatic heterocycles. The average Bonchev–Trinajstić information content (AvgIpc) is 2.86. The van der Waals surface area contributed by atoms with Crippen LogP contribution in [0, 0.1) is 0 Å². The Balaban J connectivity index is 2.19. The lowest BCUT2D eigenvalue weighted by molar-refractivity contribution is 0.474. The maximum Gasteiger partial charge on any atom is 0.125 e. The summed E-state index contributed by atoms with van der Waals surface area (Å²) in [5.74, 6) is 0.277. The number of halogens is 1. The number of hydrogen-bond donors (Lipinski definition) is 1. The third-order valence-corrected chi connectivity index (χ3v) is 2.46. The summed E-state index contributed by atoms with van der Waals surface area (Å²) in [5, 5.41) is 9.50. The number of hydrogen-bond acceptors (Lipinski definition) is 2. The zero-order chi connectivity index (χ0) is 9.26. The van der Waals surface area contributed by atoms with Gasteiger partial charge in [0.25, 0.3) is 0 Å². The predicted molar refractivity (Wildman–Crippen MR) is 56.4 cm³/mol. The number of aliphatic imine (C=N–C) groups is 1. The molecule has 0 spiro atoms. The van der Waals surface area contributed by atoms with Crippen molar-refractivity contribution in [1.29, 1.82) is 0 Å². The molecule has 1 aromatic rings. The van der Waals surface area contributed by atoms with Gasteiger partial charge in [-0.3, -0.25) is 4.99 Å². The minimum absolute atomic E-state index is 0.277.